The molecule has 108 valence electrons. The first-order valence-corrected chi connectivity index (χ1v) is 4.41. The first-order valence-electron chi connectivity index (χ1n) is 4.41. The Balaban J connectivity index is 5.38. The second-order valence-electron chi connectivity index (χ2n) is 3.53. The minimum Gasteiger partial charge on any atom is -0.458 e. The normalized spacial score (nSPS) is 14.2. The molecular weight excluding hydrogens is 280 g/mol. The number of halogens is 8. The van der Waals surface area contributed by atoms with Crippen molar-refractivity contribution in [3.63, 3.8) is 0 Å². The molecule has 0 radical (unpaired) electrons. The summed E-state index contributed by atoms with van der Waals surface area (Å²) in [6.07, 6.45) is -6.37. The standard InChI is InChI=1S/C8H8F8O2/c1-3(2)18-5(17)7(13,14)8(15,16)6(11,12)4(9)10/h3-4H,1-2H3. The van der Waals surface area contributed by atoms with Gasteiger partial charge in [-0.1, -0.05) is 0 Å². The van der Waals surface area contributed by atoms with Crippen LogP contribution in [0.25, 0.3) is 0 Å². The summed E-state index contributed by atoms with van der Waals surface area (Å²) in [5.74, 6) is -22.0. The fraction of sp³-hybridized carbons (Fsp3) is 0.875. The summed E-state index contributed by atoms with van der Waals surface area (Å²) in [7, 11) is 0. The average molecular weight is 288 g/mol. The molecule has 0 aromatic heterocycles. The van der Waals surface area contributed by atoms with Crippen molar-refractivity contribution in [3.05, 3.63) is 0 Å². The first kappa shape index (κ1) is 16.9. The molecule has 0 aliphatic heterocycles. The van der Waals surface area contributed by atoms with Crippen LogP contribution in [0.2, 0.25) is 0 Å². The number of alkyl halides is 8. The van der Waals surface area contributed by atoms with Crippen molar-refractivity contribution in [2.24, 2.45) is 0 Å². The molecule has 0 N–H and O–H groups in total. The van der Waals surface area contributed by atoms with Crippen LogP contribution >= 0.6 is 0 Å². The van der Waals surface area contributed by atoms with E-state index in [0.717, 1.165) is 13.8 Å². The zero-order chi connectivity index (χ0) is 14.9. The zero-order valence-corrected chi connectivity index (χ0v) is 8.99. The largest absolute Gasteiger partial charge is 0.458 e. The van der Waals surface area contributed by atoms with E-state index in [9.17, 15) is 39.9 Å². The fourth-order valence-electron chi connectivity index (χ4n) is 0.763. The number of rotatable bonds is 5. The third-order valence-corrected chi connectivity index (χ3v) is 1.69. The van der Waals surface area contributed by atoms with Crippen molar-refractivity contribution < 1.29 is 44.7 Å². The Bertz CT molecular complexity index is 312. The van der Waals surface area contributed by atoms with Gasteiger partial charge < -0.3 is 4.74 Å². The molecule has 0 unspecified atom stereocenters. The molecule has 0 atom stereocenters. The molecule has 0 rings (SSSR count). The Kier molecular flexibility index (Phi) is 4.59. The maximum absolute atomic E-state index is 12.8. The molecule has 0 amide bonds. The average Bonchev–Trinajstić information content (AvgIpc) is 2.15. The number of carbonyl (C=O) groups excluding carboxylic acids is 1. The van der Waals surface area contributed by atoms with E-state index in [4.69, 9.17) is 0 Å². The van der Waals surface area contributed by atoms with Crippen LogP contribution in [0, 0.1) is 0 Å². The van der Waals surface area contributed by atoms with E-state index in [1.54, 1.807) is 0 Å². The van der Waals surface area contributed by atoms with Gasteiger partial charge in [0.05, 0.1) is 6.10 Å². The summed E-state index contributed by atoms with van der Waals surface area (Å²) in [6.45, 7) is 1.97. The monoisotopic (exact) mass is 288 g/mol. The van der Waals surface area contributed by atoms with Crippen molar-refractivity contribution in [2.75, 3.05) is 0 Å². The SMILES string of the molecule is CC(C)OC(=O)C(F)(F)C(F)(F)C(F)(F)C(F)F. The molecule has 0 aromatic carbocycles. The summed E-state index contributed by atoms with van der Waals surface area (Å²) in [4.78, 5) is 10.6. The van der Waals surface area contributed by atoms with E-state index in [1.807, 2.05) is 0 Å². The van der Waals surface area contributed by atoms with Gasteiger partial charge in [0.2, 0.25) is 0 Å². The van der Waals surface area contributed by atoms with Crippen LogP contribution < -0.4 is 0 Å². The molecule has 0 aliphatic rings. The number of hydrogen-bond donors (Lipinski definition) is 0. The highest BCUT2D eigenvalue weighted by molar-refractivity contribution is 5.79. The second kappa shape index (κ2) is 4.88. The second-order valence-corrected chi connectivity index (χ2v) is 3.53. The summed E-state index contributed by atoms with van der Waals surface area (Å²) < 4.78 is 102. The van der Waals surface area contributed by atoms with E-state index in [1.165, 1.54) is 0 Å². The first-order chi connectivity index (χ1) is 7.78. The highest BCUT2D eigenvalue weighted by Crippen LogP contribution is 2.48. The maximum Gasteiger partial charge on any atom is 0.410 e. The maximum atomic E-state index is 12.8. The zero-order valence-electron chi connectivity index (χ0n) is 8.99. The Morgan fingerprint density at radius 3 is 1.67 bits per heavy atom. The van der Waals surface area contributed by atoms with Gasteiger partial charge in [0.25, 0.3) is 0 Å². The quantitative estimate of drug-likeness (QED) is 0.574. The van der Waals surface area contributed by atoms with Crippen molar-refractivity contribution in [1.29, 1.82) is 0 Å². The van der Waals surface area contributed by atoms with Crippen molar-refractivity contribution in [1.82, 2.24) is 0 Å². The van der Waals surface area contributed by atoms with Crippen LogP contribution in [0.1, 0.15) is 13.8 Å². The lowest BCUT2D eigenvalue weighted by atomic mass is 10.1. The van der Waals surface area contributed by atoms with Crippen LogP contribution in [0.15, 0.2) is 0 Å². The third kappa shape index (κ3) is 2.66. The summed E-state index contributed by atoms with van der Waals surface area (Å²) in [6, 6.07) is 0. The third-order valence-electron chi connectivity index (χ3n) is 1.69. The van der Waals surface area contributed by atoms with E-state index < -0.39 is 36.3 Å². The van der Waals surface area contributed by atoms with E-state index in [2.05, 4.69) is 4.74 Å². The number of carbonyl (C=O) groups is 1. The highest BCUT2D eigenvalue weighted by atomic mass is 19.4. The molecule has 0 aliphatic carbocycles. The van der Waals surface area contributed by atoms with Crippen LogP contribution in [-0.2, 0) is 9.53 Å². The predicted octanol–water partition coefficient (Wildman–Crippen LogP) is 3.11. The van der Waals surface area contributed by atoms with Gasteiger partial charge in [0.1, 0.15) is 0 Å². The van der Waals surface area contributed by atoms with Gasteiger partial charge in [0, 0.05) is 0 Å². The van der Waals surface area contributed by atoms with Crippen LogP contribution in [-0.4, -0.2) is 36.3 Å². The molecule has 0 bridgehead atoms. The summed E-state index contributed by atoms with van der Waals surface area (Å²) in [5.41, 5.74) is 0. The van der Waals surface area contributed by atoms with Gasteiger partial charge in [-0.3, -0.25) is 0 Å². The lowest BCUT2D eigenvalue weighted by Crippen LogP contribution is -2.61. The van der Waals surface area contributed by atoms with Crippen LogP contribution in [0.4, 0.5) is 35.1 Å². The molecule has 18 heavy (non-hydrogen) atoms. The Labute approximate surface area is 95.9 Å². The van der Waals surface area contributed by atoms with Gasteiger partial charge in [-0.15, -0.1) is 0 Å². The molecule has 10 heteroatoms. The smallest absolute Gasteiger partial charge is 0.410 e. The molecule has 0 spiro atoms. The number of hydrogen-bond acceptors (Lipinski definition) is 2. The Hall–Kier alpha value is -1.09. The molecule has 0 saturated carbocycles. The van der Waals surface area contributed by atoms with Gasteiger partial charge in [0.15, 0.2) is 0 Å². The summed E-state index contributed by atoms with van der Waals surface area (Å²) in [5, 5.41) is 0. The van der Waals surface area contributed by atoms with E-state index in [0.29, 0.717) is 0 Å². The van der Waals surface area contributed by atoms with Gasteiger partial charge in [-0.25, -0.2) is 13.6 Å². The van der Waals surface area contributed by atoms with Gasteiger partial charge >= 0.3 is 30.2 Å². The van der Waals surface area contributed by atoms with Crippen molar-refractivity contribution >= 4 is 5.97 Å². The highest BCUT2D eigenvalue weighted by Gasteiger charge is 2.79. The molecule has 0 aromatic rings. The minimum absolute atomic E-state index is 0.984. The lowest BCUT2D eigenvalue weighted by Gasteiger charge is -2.30. The van der Waals surface area contributed by atoms with Crippen LogP contribution in [0.5, 0.6) is 0 Å². The minimum atomic E-state index is -6.57. The van der Waals surface area contributed by atoms with Gasteiger partial charge in [-0.05, 0) is 13.8 Å². The number of ether oxygens (including phenoxy) is 1. The molecular formula is C8H8F8O2. The molecule has 0 saturated heterocycles. The molecule has 0 fully saturated rings. The number of esters is 1. The van der Waals surface area contributed by atoms with Gasteiger partial charge in [-0.2, -0.15) is 26.3 Å². The molecule has 2 nitrogen and oxygen atoms in total. The van der Waals surface area contributed by atoms with Crippen LogP contribution in [0.3, 0.4) is 0 Å². The Morgan fingerprint density at radius 2 is 1.39 bits per heavy atom. The van der Waals surface area contributed by atoms with Crippen molar-refractivity contribution in [3.8, 4) is 0 Å². The fourth-order valence-corrected chi connectivity index (χ4v) is 0.763. The van der Waals surface area contributed by atoms with Crippen molar-refractivity contribution in [2.45, 2.75) is 44.1 Å². The molecule has 0 heterocycles. The van der Waals surface area contributed by atoms with E-state index in [-0.39, 0.29) is 0 Å². The van der Waals surface area contributed by atoms with E-state index >= 15 is 0 Å². The topological polar surface area (TPSA) is 26.3 Å². The Morgan fingerprint density at radius 1 is 1.00 bits per heavy atom. The lowest BCUT2D eigenvalue weighted by molar-refractivity contribution is -0.333. The summed E-state index contributed by atoms with van der Waals surface area (Å²) >= 11 is 0. The predicted molar refractivity (Wildman–Crippen MR) is 42.1 cm³/mol.